The lowest BCUT2D eigenvalue weighted by Crippen LogP contribution is -2.33. The number of carbonyl (C=O) groups excluding carboxylic acids is 1. The highest BCUT2D eigenvalue weighted by Crippen LogP contribution is 2.22. The first-order valence-corrected chi connectivity index (χ1v) is 10.7. The maximum Gasteiger partial charge on any atom is 0.254 e. The monoisotopic (exact) mass is 413 g/mol. The van der Waals surface area contributed by atoms with E-state index in [1.54, 1.807) is 29.4 Å². The largest absolute Gasteiger partial charge is 0.468 e. The van der Waals surface area contributed by atoms with Crippen molar-refractivity contribution in [2.24, 2.45) is 0 Å². The highest BCUT2D eigenvalue weighted by atomic mass is 32.2. The van der Waals surface area contributed by atoms with E-state index < -0.39 is 10.0 Å². The van der Waals surface area contributed by atoms with Crippen LogP contribution in [0.4, 0.5) is 0 Å². The molecule has 0 aliphatic rings. The van der Waals surface area contributed by atoms with Crippen LogP contribution in [0.1, 0.15) is 41.6 Å². The number of benzene rings is 1. The molecule has 2 heterocycles. The van der Waals surface area contributed by atoms with Crippen molar-refractivity contribution >= 4 is 15.9 Å². The third kappa shape index (κ3) is 4.90. The number of amides is 1. The van der Waals surface area contributed by atoms with Crippen molar-refractivity contribution in [3.8, 4) is 0 Å². The first-order valence-electron chi connectivity index (χ1n) is 9.25. The summed E-state index contributed by atoms with van der Waals surface area (Å²) in [6, 6.07) is 12.9. The zero-order valence-electron chi connectivity index (χ0n) is 16.3. The molecular formula is C21H23N3O4S. The highest BCUT2D eigenvalue weighted by Gasteiger charge is 2.22. The number of aromatic nitrogens is 1. The van der Waals surface area contributed by atoms with Gasteiger partial charge in [-0.1, -0.05) is 6.07 Å². The summed E-state index contributed by atoms with van der Waals surface area (Å²) in [5, 5.41) is 0. The lowest BCUT2D eigenvalue weighted by atomic mass is 10.1. The van der Waals surface area contributed by atoms with E-state index in [0.29, 0.717) is 17.9 Å². The Hall–Kier alpha value is -2.97. The normalized spacial score (nSPS) is 12.5. The third-order valence-electron chi connectivity index (χ3n) is 4.66. The molecule has 0 aliphatic heterocycles. The molecule has 0 fully saturated rings. The Morgan fingerprint density at radius 2 is 1.93 bits per heavy atom. The average molecular weight is 413 g/mol. The van der Waals surface area contributed by atoms with Crippen LogP contribution in [0.5, 0.6) is 0 Å². The Labute approximate surface area is 170 Å². The molecule has 152 valence electrons. The molecule has 0 bridgehead atoms. The highest BCUT2D eigenvalue weighted by molar-refractivity contribution is 7.89. The van der Waals surface area contributed by atoms with Gasteiger partial charge in [0.05, 0.1) is 23.7 Å². The van der Waals surface area contributed by atoms with Crippen molar-refractivity contribution < 1.29 is 17.6 Å². The van der Waals surface area contributed by atoms with Crippen molar-refractivity contribution in [3.05, 3.63) is 84.1 Å². The molecule has 0 saturated heterocycles. The first-order chi connectivity index (χ1) is 13.9. The van der Waals surface area contributed by atoms with E-state index in [1.165, 1.54) is 30.5 Å². The van der Waals surface area contributed by atoms with E-state index in [9.17, 15) is 13.2 Å². The van der Waals surface area contributed by atoms with Crippen molar-refractivity contribution in [2.45, 2.75) is 31.3 Å². The second-order valence-electron chi connectivity index (χ2n) is 6.48. The number of furan rings is 1. The van der Waals surface area contributed by atoms with Crippen LogP contribution in [0.25, 0.3) is 0 Å². The molecule has 0 radical (unpaired) electrons. The standard InChI is InChI=1S/C21H23N3O4S/c1-3-24(16(2)18-6-4-12-22-14-18)21(25)17-8-10-20(11-9-17)29(26,27)23-15-19-7-5-13-28-19/h4-14,16,23H,3,15H2,1-2H3. The fourth-order valence-corrected chi connectivity index (χ4v) is 3.99. The van der Waals surface area contributed by atoms with E-state index in [0.717, 1.165) is 5.56 Å². The molecule has 1 amide bonds. The summed E-state index contributed by atoms with van der Waals surface area (Å²) in [6.45, 7) is 4.42. The zero-order valence-corrected chi connectivity index (χ0v) is 17.1. The van der Waals surface area contributed by atoms with Gasteiger partial charge in [0.25, 0.3) is 5.91 Å². The lowest BCUT2D eigenvalue weighted by Gasteiger charge is -2.28. The van der Waals surface area contributed by atoms with Gasteiger partial charge in [-0.25, -0.2) is 13.1 Å². The minimum atomic E-state index is -3.71. The summed E-state index contributed by atoms with van der Waals surface area (Å²) < 4.78 is 32.5. The van der Waals surface area contributed by atoms with Gasteiger partial charge in [0.2, 0.25) is 10.0 Å². The molecule has 7 nitrogen and oxygen atoms in total. The molecule has 1 N–H and O–H groups in total. The summed E-state index contributed by atoms with van der Waals surface area (Å²) in [7, 11) is -3.71. The maximum atomic E-state index is 13.0. The van der Waals surface area contributed by atoms with Gasteiger partial charge in [0, 0.05) is 24.5 Å². The second-order valence-corrected chi connectivity index (χ2v) is 8.25. The Kier molecular flexibility index (Phi) is 6.46. The van der Waals surface area contributed by atoms with Gasteiger partial charge in [-0.2, -0.15) is 0 Å². The van der Waals surface area contributed by atoms with Gasteiger partial charge in [-0.15, -0.1) is 0 Å². The lowest BCUT2D eigenvalue weighted by molar-refractivity contribution is 0.0702. The molecular weight excluding hydrogens is 390 g/mol. The topological polar surface area (TPSA) is 92.5 Å². The molecule has 1 unspecified atom stereocenters. The summed E-state index contributed by atoms with van der Waals surface area (Å²) in [5.41, 5.74) is 1.36. The van der Waals surface area contributed by atoms with Gasteiger partial charge < -0.3 is 9.32 Å². The minimum Gasteiger partial charge on any atom is -0.468 e. The van der Waals surface area contributed by atoms with Gasteiger partial charge in [0.1, 0.15) is 5.76 Å². The van der Waals surface area contributed by atoms with Crippen LogP contribution >= 0.6 is 0 Å². The number of nitrogens with zero attached hydrogens (tertiary/aromatic N) is 2. The van der Waals surface area contributed by atoms with E-state index >= 15 is 0 Å². The molecule has 1 atom stereocenters. The number of pyridine rings is 1. The Morgan fingerprint density at radius 3 is 2.52 bits per heavy atom. The predicted octanol–water partition coefficient (Wildman–Crippen LogP) is 3.38. The van der Waals surface area contributed by atoms with Gasteiger partial charge in [0.15, 0.2) is 0 Å². The summed E-state index contributed by atoms with van der Waals surface area (Å²) in [6.07, 6.45) is 4.91. The van der Waals surface area contributed by atoms with Crippen molar-refractivity contribution in [3.63, 3.8) is 0 Å². The number of hydrogen-bond acceptors (Lipinski definition) is 5. The second kappa shape index (κ2) is 9.02. The number of rotatable bonds is 8. The number of hydrogen-bond donors (Lipinski definition) is 1. The summed E-state index contributed by atoms with van der Waals surface area (Å²) >= 11 is 0. The Bertz CT molecular complexity index is 1030. The third-order valence-corrected chi connectivity index (χ3v) is 6.08. The van der Waals surface area contributed by atoms with E-state index in [-0.39, 0.29) is 23.4 Å². The molecule has 0 aliphatic carbocycles. The molecule has 8 heteroatoms. The van der Waals surface area contributed by atoms with E-state index in [1.807, 2.05) is 26.0 Å². The quantitative estimate of drug-likeness (QED) is 0.611. The SMILES string of the molecule is CCN(C(=O)c1ccc(S(=O)(=O)NCc2ccco2)cc1)C(C)c1cccnc1. The minimum absolute atomic E-state index is 0.0578. The maximum absolute atomic E-state index is 13.0. The molecule has 0 spiro atoms. The van der Waals surface area contributed by atoms with Crippen molar-refractivity contribution in [1.29, 1.82) is 0 Å². The van der Waals surface area contributed by atoms with Gasteiger partial charge in [-0.3, -0.25) is 9.78 Å². The molecule has 29 heavy (non-hydrogen) atoms. The summed E-state index contributed by atoms with van der Waals surface area (Å²) in [4.78, 5) is 18.9. The van der Waals surface area contributed by atoms with Crippen LogP contribution in [0.2, 0.25) is 0 Å². The van der Waals surface area contributed by atoms with Crippen LogP contribution in [-0.2, 0) is 16.6 Å². The fraction of sp³-hybridized carbons (Fsp3) is 0.238. The molecule has 3 rings (SSSR count). The fourth-order valence-electron chi connectivity index (χ4n) is 3.00. The predicted molar refractivity (Wildman–Crippen MR) is 109 cm³/mol. The zero-order chi connectivity index (χ0) is 20.9. The Balaban J connectivity index is 1.73. The smallest absolute Gasteiger partial charge is 0.254 e. The molecule has 0 saturated carbocycles. The van der Waals surface area contributed by atoms with Crippen LogP contribution in [-0.4, -0.2) is 30.8 Å². The van der Waals surface area contributed by atoms with Crippen LogP contribution in [0, 0.1) is 0 Å². The van der Waals surface area contributed by atoms with Crippen LogP contribution in [0.15, 0.2) is 76.5 Å². The van der Waals surface area contributed by atoms with E-state index in [2.05, 4.69) is 9.71 Å². The van der Waals surface area contributed by atoms with Crippen LogP contribution < -0.4 is 4.72 Å². The average Bonchev–Trinajstić information content (AvgIpc) is 3.27. The first kappa shape index (κ1) is 20.8. The number of nitrogens with one attached hydrogen (secondary N) is 1. The van der Waals surface area contributed by atoms with E-state index in [4.69, 9.17) is 4.42 Å². The number of sulfonamides is 1. The van der Waals surface area contributed by atoms with Crippen molar-refractivity contribution in [1.82, 2.24) is 14.6 Å². The molecule has 1 aromatic carbocycles. The Morgan fingerprint density at radius 1 is 1.17 bits per heavy atom. The van der Waals surface area contributed by atoms with Crippen molar-refractivity contribution in [2.75, 3.05) is 6.54 Å². The molecule has 2 aromatic heterocycles. The molecule has 3 aromatic rings. The number of carbonyl (C=O) groups is 1. The van der Waals surface area contributed by atoms with Gasteiger partial charge in [-0.05, 0) is 61.9 Å². The van der Waals surface area contributed by atoms with Crippen LogP contribution in [0.3, 0.4) is 0 Å². The van der Waals surface area contributed by atoms with Gasteiger partial charge >= 0.3 is 0 Å². The summed E-state index contributed by atoms with van der Waals surface area (Å²) in [5.74, 6) is 0.347.